The number of para-hydroxylation sites is 1. The van der Waals surface area contributed by atoms with Crippen molar-refractivity contribution in [2.75, 3.05) is 13.7 Å². The number of aliphatic hydroxyl groups is 1. The molecule has 1 N–H and O–H groups in total. The number of amides is 1. The Morgan fingerprint density at radius 2 is 1.81 bits per heavy atom. The molecule has 0 radical (unpaired) electrons. The molecule has 0 spiro atoms. The molecule has 4 heteroatoms. The van der Waals surface area contributed by atoms with Crippen LogP contribution in [0.1, 0.15) is 54.1 Å². The number of piperidine rings is 1. The summed E-state index contributed by atoms with van der Waals surface area (Å²) >= 11 is 0. The van der Waals surface area contributed by atoms with Crippen molar-refractivity contribution in [2.24, 2.45) is 5.92 Å². The molecule has 1 aliphatic carbocycles. The van der Waals surface area contributed by atoms with Crippen molar-refractivity contribution < 1.29 is 14.6 Å². The SMILES string of the molecule is COc1ccccc1C1C2CCCCC2(O)CCN1C(=O)c1ccccc1. The second kappa shape index (κ2) is 7.35. The van der Waals surface area contributed by atoms with Gasteiger partial charge in [0.05, 0.1) is 18.8 Å². The molecule has 3 unspecified atom stereocenters. The van der Waals surface area contributed by atoms with Gasteiger partial charge in [-0.15, -0.1) is 0 Å². The van der Waals surface area contributed by atoms with Crippen LogP contribution in [-0.4, -0.2) is 35.2 Å². The van der Waals surface area contributed by atoms with Crippen molar-refractivity contribution in [3.8, 4) is 5.75 Å². The van der Waals surface area contributed by atoms with Gasteiger partial charge in [-0.2, -0.15) is 0 Å². The molecule has 1 saturated heterocycles. The van der Waals surface area contributed by atoms with E-state index in [9.17, 15) is 9.90 Å². The fourth-order valence-electron chi connectivity index (χ4n) is 4.95. The minimum absolute atomic E-state index is 0.0270. The predicted molar refractivity (Wildman–Crippen MR) is 105 cm³/mol. The maximum atomic E-state index is 13.4. The van der Waals surface area contributed by atoms with Gasteiger partial charge in [0.25, 0.3) is 5.91 Å². The minimum Gasteiger partial charge on any atom is -0.496 e. The fourth-order valence-corrected chi connectivity index (χ4v) is 4.95. The Hall–Kier alpha value is -2.33. The van der Waals surface area contributed by atoms with Crippen molar-refractivity contribution in [1.29, 1.82) is 0 Å². The third-order valence-electron chi connectivity index (χ3n) is 6.31. The van der Waals surface area contributed by atoms with E-state index in [-0.39, 0.29) is 17.9 Å². The first-order valence-corrected chi connectivity index (χ1v) is 9.85. The summed E-state index contributed by atoms with van der Waals surface area (Å²) in [6.07, 6.45) is 4.53. The molecule has 3 atom stereocenters. The molecule has 1 amide bonds. The van der Waals surface area contributed by atoms with E-state index in [2.05, 4.69) is 0 Å². The van der Waals surface area contributed by atoms with Crippen molar-refractivity contribution >= 4 is 5.91 Å². The molecule has 142 valence electrons. The van der Waals surface area contributed by atoms with Crippen LogP contribution in [0.3, 0.4) is 0 Å². The van der Waals surface area contributed by atoms with Crippen LogP contribution in [0.15, 0.2) is 54.6 Å². The first-order chi connectivity index (χ1) is 13.1. The van der Waals surface area contributed by atoms with Crippen LogP contribution < -0.4 is 4.74 Å². The van der Waals surface area contributed by atoms with E-state index in [1.807, 2.05) is 59.5 Å². The molecule has 27 heavy (non-hydrogen) atoms. The van der Waals surface area contributed by atoms with E-state index in [1.165, 1.54) is 0 Å². The fraction of sp³-hybridized carbons (Fsp3) is 0.435. The number of benzene rings is 2. The van der Waals surface area contributed by atoms with Crippen molar-refractivity contribution in [3.05, 3.63) is 65.7 Å². The third kappa shape index (κ3) is 3.23. The zero-order valence-electron chi connectivity index (χ0n) is 15.8. The van der Waals surface area contributed by atoms with Gasteiger partial charge in [0.1, 0.15) is 5.75 Å². The molecule has 4 nitrogen and oxygen atoms in total. The molecule has 2 aliphatic rings. The van der Waals surface area contributed by atoms with E-state index in [0.717, 1.165) is 37.0 Å². The lowest BCUT2D eigenvalue weighted by Gasteiger charge is -2.52. The Balaban J connectivity index is 1.79. The van der Waals surface area contributed by atoms with E-state index < -0.39 is 5.60 Å². The Morgan fingerprint density at radius 1 is 1.07 bits per heavy atom. The zero-order valence-corrected chi connectivity index (χ0v) is 15.8. The molecule has 4 rings (SSSR count). The van der Waals surface area contributed by atoms with Crippen LogP contribution in [0.2, 0.25) is 0 Å². The highest BCUT2D eigenvalue weighted by Gasteiger charge is 2.50. The summed E-state index contributed by atoms with van der Waals surface area (Å²) in [5, 5.41) is 11.4. The van der Waals surface area contributed by atoms with Gasteiger partial charge in [-0.25, -0.2) is 0 Å². The molecule has 2 aromatic carbocycles. The molecular weight excluding hydrogens is 338 g/mol. The highest BCUT2D eigenvalue weighted by molar-refractivity contribution is 5.94. The van der Waals surface area contributed by atoms with Crippen molar-refractivity contribution in [1.82, 2.24) is 4.90 Å². The third-order valence-corrected chi connectivity index (χ3v) is 6.31. The maximum absolute atomic E-state index is 13.4. The Bertz CT molecular complexity index is 806. The number of fused-ring (bicyclic) bond motifs is 1. The number of hydrogen-bond acceptors (Lipinski definition) is 3. The average Bonchev–Trinajstić information content (AvgIpc) is 2.72. The molecule has 1 heterocycles. The van der Waals surface area contributed by atoms with Gasteiger partial charge in [-0.05, 0) is 37.5 Å². The highest BCUT2D eigenvalue weighted by atomic mass is 16.5. The van der Waals surface area contributed by atoms with Crippen LogP contribution in [0.4, 0.5) is 0 Å². The number of methoxy groups -OCH3 is 1. The Kier molecular flexibility index (Phi) is 4.92. The lowest BCUT2D eigenvalue weighted by atomic mass is 9.66. The summed E-state index contributed by atoms with van der Waals surface area (Å²) in [7, 11) is 1.66. The lowest BCUT2D eigenvalue weighted by Crippen LogP contribution is -2.56. The lowest BCUT2D eigenvalue weighted by molar-refractivity contribution is -0.115. The molecule has 2 aromatic rings. The van der Waals surface area contributed by atoms with Gasteiger partial charge in [-0.3, -0.25) is 4.79 Å². The van der Waals surface area contributed by atoms with Crippen LogP contribution in [-0.2, 0) is 0 Å². The monoisotopic (exact) mass is 365 g/mol. The van der Waals surface area contributed by atoms with Gasteiger partial charge in [0.2, 0.25) is 0 Å². The van der Waals surface area contributed by atoms with Crippen molar-refractivity contribution in [2.45, 2.75) is 43.7 Å². The van der Waals surface area contributed by atoms with E-state index in [1.54, 1.807) is 7.11 Å². The van der Waals surface area contributed by atoms with Crippen LogP contribution in [0.5, 0.6) is 5.75 Å². The smallest absolute Gasteiger partial charge is 0.254 e. The Morgan fingerprint density at radius 3 is 2.59 bits per heavy atom. The number of rotatable bonds is 3. The highest BCUT2D eigenvalue weighted by Crippen LogP contribution is 2.51. The standard InChI is InChI=1S/C23H27NO3/c1-27-20-13-6-5-11-18(20)21-19-12-7-8-14-23(19,26)15-16-24(21)22(25)17-9-3-2-4-10-17/h2-6,9-11,13,19,21,26H,7-8,12,14-16H2,1H3. The first-order valence-electron chi connectivity index (χ1n) is 9.85. The van der Waals surface area contributed by atoms with E-state index >= 15 is 0 Å². The van der Waals surface area contributed by atoms with Gasteiger partial charge in [0.15, 0.2) is 0 Å². The average molecular weight is 365 g/mol. The van der Waals surface area contributed by atoms with E-state index in [0.29, 0.717) is 18.5 Å². The normalized spacial score (nSPS) is 27.7. The van der Waals surface area contributed by atoms with Crippen LogP contribution in [0, 0.1) is 5.92 Å². The maximum Gasteiger partial charge on any atom is 0.254 e. The molecule has 1 saturated carbocycles. The second-order valence-electron chi connectivity index (χ2n) is 7.76. The summed E-state index contributed by atoms with van der Waals surface area (Å²) in [4.78, 5) is 15.3. The van der Waals surface area contributed by atoms with Gasteiger partial charge < -0.3 is 14.7 Å². The number of carbonyl (C=O) groups excluding carboxylic acids is 1. The first kappa shape index (κ1) is 18.1. The van der Waals surface area contributed by atoms with Gasteiger partial charge in [-0.1, -0.05) is 49.2 Å². The number of hydrogen-bond donors (Lipinski definition) is 1. The zero-order chi connectivity index (χ0) is 18.9. The largest absolute Gasteiger partial charge is 0.496 e. The second-order valence-corrected chi connectivity index (χ2v) is 7.76. The van der Waals surface area contributed by atoms with Gasteiger partial charge in [0, 0.05) is 23.6 Å². The quantitative estimate of drug-likeness (QED) is 0.887. The number of nitrogens with zero attached hydrogens (tertiary/aromatic N) is 1. The summed E-state index contributed by atoms with van der Waals surface area (Å²) in [6, 6.07) is 17.2. The van der Waals surface area contributed by atoms with Crippen LogP contribution in [0.25, 0.3) is 0 Å². The minimum atomic E-state index is -0.697. The molecule has 2 fully saturated rings. The topological polar surface area (TPSA) is 49.8 Å². The number of carbonyl (C=O) groups is 1. The van der Waals surface area contributed by atoms with Crippen LogP contribution >= 0.6 is 0 Å². The summed E-state index contributed by atoms with van der Waals surface area (Å²) < 4.78 is 5.63. The van der Waals surface area contributed by atoms with E-state index in [4.69, 9.17) is 4.74 Å². The summed E-state index contributed by atoms with van der Waals surface area (Å²) in [5.74, 6) is 0.839. The molecular formula is C23H27NO3. The summed E-state index contributed by atoms with van der Waals surface area (Å²) in [5.41, 5.74) is 0.991. The number of likely N-dealkylation sites (tertiary alicyclic amines) is 1. The van der Waals surface area contributed by atoms with Gasteiger partial charge >= 0.3 is 0 Å². The molecule has 1 aliphatic heterocycles. The van der Waals surface area contributed by atoms with Crippen molar-refractivity contribution in [3.63, 3.8) is 0 Å². The molecule has 0 bridgehead atoms. The summed E-state index contributed by atoms with van der Waals surface area (Å²) in [6.45, 7) is 0.559. The Labute approximate surface area is 160 Å². The predicted octanol–water partition coefficient (Wildman–Crippen LogP) is 4.20. The molecule has 0 aromatic heterocycles. The number of ether oxygens (including phenoxy) is 1.